The van der Waals surface area contributed by atoms with Crippen LogP contribution in [0.2, 0.25) is 0 Å². The largest absolute Gasteiger partial charge is 0.481 e. The number of hydrogen-bond donors (Lipinski definition) is 2. The first kappa shape index (κ1) is 8.01. The molecule has 0 fully saturated rings. The van der Waals surface area contributed by atoms with Crippen LogP contribution in [0.5, 0.6) is 0 Å². The summed E-state index contributed by atoms with van der Waals surface area (Å²) in [4.78, 5) is 9.96. The molecule has 0 aromatic heterocycles. The molecule has 0 atom stereocenters. The van der Waals surface area contributed by atoms with Crippen LogP contribution >= 0.6 is 0 Å². The van der Waals surface area contributed by atoms with Crippen LogP contribution in [0.4, 0.5) is 0 Å². The molecule has 0 amide bonds. The molecule has 52 valence electrons. The van der Waals surface area contributed by atoms with Gasteiger partial charge < -0.3 is 10.8 Å². The van der Waals surface area contributed by atoms with Gasteiger partial charge in [-0.1, -0.05) is 13.0 Å². The van der Waals surface area contributed by atoms with Crippen LogP contribution in [0, 0.1) is 0 Å². The average Bonchev–Trinajstić information content (AvgIpc) is 1.63. The minimum atomic E-state index is -0.878. The van der Waals surface area contributed by atoms with Gasteiger partial charge in [0, 0.05) is 5.70 Å². The number of allylic oxidation sites excluding steroid dienone is 1. The molecule has 3 N–H and O–H groups in total. The predicted molar refractivity (Wildman–Crippen MR) is 34.8 cm³/mol. The number of nitrogens with two attached hydrogens (primary N) is 1. The highest BCUT2D eigenvalue weighted by atomic mass is 16.4. The number of rotatable bonds is 3. The lowest BCUT2D eigenvalue weighted by atomic mass is 10.3. The zero-order valence-corrected chi connectivity index (χ0v) is 5.42. The average molecular weight is 129 g/mol. The maximum atomic E-state index is 9.96. The highest BCUT2D eigenvalue weighted by Gasteiger charge is 1.96. The number of carboxylic acid groups (broad SMARTS) is 1. The van der Waals surface area contributed by atoms with Gasteiger partial charge in [0.15, 0.2) is 0 Å². The zero-order chi connectivity index (χ0) is 7.28. The molecular weight excluding hydrogens is 118 g/mol. The van der Waals surface area contributed by atoms with E-state index in [1.54, 1.807) is 6.08 Å². The van der Waals surface area contributed by atoms with Gasteiger partial charge in [-0.15, -0.1) is 0 Å². The molecule has 0 aromatic carbocycles. The fourth-order valence-electron chi connectivity index (χ4n) is 0.509. The lowest BCUT2D eigenvalue weighted by Gasteiger charge is -1.92. The monoisotopic (exact) mass is 129 g/mol. The van der Waals surface area contributed by atoms with Gasteiger partial charge in [0.2, 0.25) is 0 Å². The molecule has 9 heavy (non-hydrogen) atoms. The first-order valence-electron chi connectivity index (χ1n) is 2.83. The van der Waals surface area contributed by atoms with E-state index in [-0.39, 0.29) is 6.42 Å². The van der Waals surface area contributed by atoms with E-state index >= 15 is 0 Å². The highest BCUT2D eigenvalue weighted by Crippen LogP contribution is 1.93. The third-order valence-corrected chi connectivity index (χ3v) is 0.822. The number of carbonyl (C=O) groups is 1. The van der Waals surface area contributed by atoms with Gasteiger partial charge in [0.25, 0.3) is 0 Å². The minimum absolute atomic E-state index is 0.0478. The van der Waals surface area contributed by atoms with Gasteiger partial charge in [0.05, 0.1) is 6.42 Å². The lowest BCUT2D eigenvalue weighted by molar-refractivity contribution is -0.136. The SMILES string of the molecule is CCC=C(N)CC(=O)O. The Morgan fingerprint density at radius 2 is 2.33 bits per heavy atom. The normalized spacial score (nSPS) is 11.4. The Bertz CT molecular complexity index is 129. The van der Waals surface area contributed by atoms with Crippen molar-refractivity contribution in [2.45, 2.75) is 19.8 Å². The number of carboxylic acids is 1. The van der Waals surface area contributed by atoms with E-state index < -0.39 is 5.97 Å². The number of aliphatic carboxylic acids is 1. The zero-order valence-electron chi connectivity index (χ0n) is 5.42. The molecule has 0 unspecified atom stereocenters. The lowest BCUT2D eigenvalue weighted by Crippen LogP contribution is -2.04. The summed E-state index contributed by atoms with van der Waals surface area (Å²) in [5.74, 6) is -0.878. The molecule has 0 spiro atoms. The summed E-state index contributed by atoms with van der Waals surface area (Å²) >= 11 is 0. The fourth-order valence-corrected chi connectivity index (χ4v) is 0.509. The van der Waals surface area contributed by atoms with Crippen LogP contribution in [-0.2, 0) is 4.79 Å². The molecule has 0 bridgehead atoms. The van der Waals surface area contributed by atoms with E-state index in [2.05, 4.69) is 0 Å². The van der Waals surface area contributed by atoms with Gasteiger partial charge >= 0.3 is 5.97 Å². The predicted octanol–water partition coefficient (Wildman–Crippen LogP) is 0.714. The standard InChI is InChI=1S/C6H11NO2/c1-2-3-5(7)4-6(8)9/h3H,2,4,7H2,1H3,(H,8,9). The molecule has 0 aromatic rings. The van der Waals surface area contributed by atoms with Crippen LogP contribution in [0.15, 0.2) is 11.8 Å². The van der Waals surface area contributed by atoms with Gasteiger partial charge in [0.1, 0.15) is 0 Å². The van der Waals surface area contributed by atoms with Crippen molar-refractivity contribution in [2.75, 3.05) is 0 Å². The minimum Gasteiger partial charge on any atom is -0.481 e. The molecule has 0 heterocycles. The smallest absolute Gasteiger partial charge is 0.309 e. The summed E-state index contributed by atoms with van der Waals surface area (Å²) in [6.07, 6.45) is 2.45. The second-order valence-electron chi connectivity index (χ2n) is 1.76. The van der Waals surface area contributed by atoms with Gasteiger partial charge in [-0.3, -0.25) is 4.79 Å². The topological polar surface area (TPSA) is 63.3 Å². The Labute approximate surface area is 54.2 Å². The van der Waals surface area contributed by atoms with Crippen molar-refractivity contribution < 1.29 is 9.90 Å². The van der Waals surface area contributed by atoms with Crippen LogP contribution < -0.4 is 5.73 Å². The van der Waals surface area contributed by atoms with Crippen molar-refractivity contribution in [1.29, 1.82) is 0 Å². The van der Waals surface area contributed by atoms with Crippen LogP contribution in [0.25, 0.3) is 0 Å². The molecule has 0 aliphatic carbocycles. The third kappa shape index (κ3) is 4.87. The van der Waals surface area contributed by atoms with Crippen LogP contribution in [0.3, 0.4) is 0 Å². The molecule has 0 radical (unpaired) electrons. The molecular formula is C6H11NO2. The fraction of sp³-hybridized carbons (Fsp3) is 0.500. The summed E-state index contributed by atoms with van der Waals surface area (Å²) in [7, 11) is 0. The van der Waals surface area contributed by atoms with E-state index in [0.29, 0.717) is 5.70 Å². The second-order valence-corrected chi connectivity index (χ2v) is 1.76. The van der Waals surface area contributed by atoms with Crippen molar-refractivity contribution in [3.05, 3.63) is 11.8 Å². The van der Waals surface area contributed by atoms with Crippen molar-refractivity contribution in [1.82, 2.24) is 0 Å². The second kappa shape index (κ2) is 3.95. The first-order valence-corrected chi connectivity index (χ1v) is 2.83. The summed E-state index contributed by atoms with van der Waals surface area (Å²) in [5.41, 5.74) is 5.70. The third-order valence-electron chi connectivity index (χ3n) is 0.822. The van der Waals surface area contributed by atoms with E-state index in [4.69, 9.17) is 10.8 Å². The van der Waals surface area contributed by atoms with Crippen LogP contribution in [-0.4, -0.2) is 11.1 Å². The van der Waals surface area contributed by atoms with E-state index in [1.807, 2.05) is 6.92 Å². The van der Waals surface area contributed by atoms with Crippen molar-refractivity contribution in [2.24, 2.45) is 5.73 Å². The van der Waals surface area contributed by atoms with Gasteiger partial charge in [-0.2, -0.15) is 0 Å². The molecule has 0 aliphatic rings. The van der Waals surface area contributed by atoms with Crippen LogP contribution in [0.1, 0.15) is 19.8 Å². The molecule has 0 saturated carbocycles. The molecule has 3 nitrogen and oxygen atoms in total. The highest BCUT2D eigenvalue weighted by molar-refractivity contribution is 5.69. The first-order chi connectivity index (χ1) is 4.16. The maximum Gasteiger partial charge on any atom is 0.309 e. The van der Waals surface area contributed by atoms with E-state index in [0.717, 1.165) is 6.42 Å². The summed E-state index contributed by atoms with van der Waals surface area (Å²) in [6.45, 7) is 1.91. The Hall–Kier alpha value is -0.990. The van der Waals surface area contributed by atoms with Crippen molar-refractivity contribution in [3.63, 3.8) is 0 Å². The Kier molecular flexibility index (Phi) is 3.51. The van der Waals surface area contributed by atoms with Gasteiger partial charge in [-0.25, -0.2) is 0 Å². The Balaban J connectivity index is 3.62. The van der Waals surface area contributed by atoms with E-state index in [9.17, 15) is 4.79 Å². The molecule has 0 saturated heterocycles. The van der Waals surface area contributed by atoms with Crippen molar-refractivity contribution in [3.8, 4) is 0 Å². The number of hydrogen-bond acceptors (Lipinski definition) is 2. The van der Waals surface area contributed by atoms with Crippen molar-refractivity contribution >= 4 is 5.97 Å². The summed E-state index contributed by atoms with van der Waals surface area (Å²) in [6, 6.07) is 0. The van der Waals surface area contributed by atoms with Gasteiger partial charge in [-0.05, 0) is 6.42 Å². The van der Waals surface area contributed by atoms with E-state index in [1.165, 1.54) is 0 Å². The Morgan fingerprint density at radius 1 is 1.78 bits per heavy atom. The maximum absolute atomic E-state index is 9.96. The summed E-state index contributed by atoms with van der Waals surface area (Å²) in [5, 5.41) is 8.19. The Morgan fingerprint density at radius 3 is 2.67 bits per heavy atom. The molecule has 0 rings (SSSR count). The quantitative estimate of drug-likeness (QED) is 0.590. The summed E-state index contributed by atoms with van der Waals surface area (Å²) < 4.78 is 0. The molecule has 0 aliphatic heterocycles. The molecule has 3 heteroatoms.